The lowest BCUT2D eigenvalue weighted by molar-refractivity contribution is 0.134. The van der Waals surface area contributed by atoms with Gasteiger partial charge in [-0.25, -0.2) is 14.6 Å². The lowest BCUT2D eigenvalue weighted by Crippen LogP contribution is -2.28. The van der Waals surface area contributed by atoms with E-state index in [0.717, 1.165) is 17.5 Å². The fraction of sp³-hybridized carbons (Fsp3) is 0.350. The van der Waals surface area contributed by atoms with Crippen molar-refractivity contribution in [2.24, 2.45) is 5.92 Å². The van der Waals surface area contributed by atoms with Crippen LogP contribution < -0.4 is 10.9 Å². The van der Waals surface area contributed by atoms with Gasteiger partial charge in [-0.05, 0) is 35.8 Å². The van der Waals surface area contributed by atoms with Gasteiger partial charge in [0.05, 0.1) is 0 Å². The number of rotatable bonds is 6. The summed E-state index contributed by atoms with van der Waals surface area (Å²) in [4.78, 5) is 29.5. The van der Waals surface area contributed by atoms with E-state index in [1.165, 1.54) is 11.3 Å². The second kappa shape index (κ2) is 8.35. The Morgan fingerprint density at radius 2 is 2.00 bits per heavy atom. The molecule has 142 valence electrons. The van der Waals surface area contributed by atoms with Crippen LogP contribution in [0.1, 0.15) is 43.8 Å². The minimum absolute atomic E-state index is 0.166. The Kier molecular flexibility index (Phi) is 5.91. The summed E-state index contributed by atoms with van der Waals surface area (Å²) < 4.78 is 10.6. The summed E-state index contributed by atoms with van der Waals surface area (Å²) in [5.74, 6) is 0.601. The number of amides is 1. The van der Waals surface area contributed by atoms with Crippen LogP contribution in [0.25, 0.3) is 10.2 Å². The number of hydrogen-bond acceptors (Lipinski definition) is 6. The predicted octanol–water partition coefficient (Wildman–Crippen LogP) is 4.44. The maximum absolute atomic E-state index is 12.4. The van der Waals surface area contributed by atoms with E-state index in [2.05, 4.69) is 24.1 Å². The van der Waals surface area contributed by atoms with Crippen molar-refractivity contribution in [2.75, 3.05) is 0 Å². The third-order valence-corrected chi connectivity index (χ3v) is 4.93. The normalized spacial score (nSPS) is 12.3. The number of thiophene rings is 1. The molecule has 0 aliphatic rings. The van der Waals surface area contributed by atoms with E-state index in [1.807, 2.05) is 35.7 Å². The predicted molar refractivity (Wildman–Crippen MR) is 105 cm³/mol. The molecule has 0 radical (unpaired) electrons. The third kappa shape index (κ3) is 4.74. The van der Waals surface area contributed by atoms with Crippen LogP contribution in [-0.4, -0.2) is 11.1 Å². The Morgan fingerprint density at radius 3 is 2.70 bits per heavy atom. The first-order valence-electron chi connectivity index (χ1n) is 8.82. The molecule has 0 bridgehead atoms. The van der Waals surface area contributed by atoms with Crippen LogP contribution in [0.3, 0.4) is 0 Å². The van der Waals surface area contributed by atoms with Gasteiger partial charge in [-0.2, -0.15) is 0 Å². The van der Waals surface area contributed by atoms with Gasteiger partial charge in [-0.1, -0.05) is 44.2 Å². The molecule has 1 amide bonds. The zero-order valence-corrected chi connectivity index (χ0v) is 16.3. The summed E-state index contributed by atoms with van der Waals surface area (Å²) in [6.45, 7) is 6.06. The highest BCUT2D eigenvalue weighted by Gasteiger charge is 2.19. The summed E-state index contributed by atoms with van der Waals surface area (Å²) >= 11 is 1.41. The monoisotopic (exact) mass is 386 g/mol. The minimum atomic E-state index is -0.595. The molecular weight excluding hydrogens is 364 g/mol. The van der Waals surface area contributed by atoms with Gasteiger partial charge in [0, 0.05) is 0 Å². The molecule has 7 heteroatoms. The first-order valence-corrected chi connectivity index (χ1v) is 9.70. The third-order valence-electron chi connectivity index (χ3n) is 4.01. The molecule has 0 spiro atoms. The van der Waals surface area contributed by atoms with Gasteiger partial charge in [0.1, 0.15) is 22.9 Å². The van der Waals surface area contributed by atoms with Crippen molar-refractivity contribution < 1.29 is 13.9 Å². The van der Waals surface area contributed by atoms with Gasteiger partial charge in [-0.3, -0.25) is 0 Å². The van der Waals surface area contributed by atoms with E-state index < -0.39 is 17.8 Å². The molecule has 2 aromatic heterocycles. The smallest absolute Gasteiger partial charge is 0.408 e. The molecule has 27 heavy (non-hydrogen) atoms. The molecular formula is C20H22N2O4S. The van der Waals surface area contributed by atoms with Crippen molar-refractivity contribution in [1.82, 2.24) is 10.3 Å². The van der Waals surface area contributed by atoms with Crippen molar-refractivity contribution in [3.8, 4) is 0 Å². The fourth-order valence-electron chi connectivity index (χ4n) is 2.73. The van der Waals surface area contributed by atoms with Crippen LogP contribution >= 0.6 is 11.3 Å². The number of fused-ring (bicyclic) bond motifs is 1. The largest absolute Gasteiger partial charge is 0.445 e. The van der Waals surface area contributed by atoms with E-state index >= 15 is 0 Å². The van der Waals surface area contributed by atoms with Crippen molar-refractivity contribution in [2.45, 2.75) is 39.8 Å². The summed E-state index contributed by atoms with van der Waals surface area (Å²) in [6, 6.07) is 8.81. The zero-order chi connectivity index (χ0) is 19.4. The Bertz CT molecular complexity index is 979. The number of nitrogens with zero attached hydrogens (tertiary/aromatic N) is 1. The number of ether oxygens (including phenoxy) is 1. The highest BCUT2D eigenvalue weighted by molar-refractivity contribution is 7.16. The summed E-state index contributed by atoms with van der Waals surface area (Å²) in [6.07, 6.45) is 0.202. The van der Waals surface area contributed by atoms with Crippen LogP contribution in [0.4, 0.5) is 4.79 Å². The number of hydrogen-bond donors (Lipinski definition) is 1. The van der Waals surface area contributed by atoms with Gasteiger partial charge in [-0.15, -0.1) is 11.3 Å². The second-order valence-corrected chi connectivity index (χ2v) is 7.66. The first-order chi connectivity index (χ1) is 12.9. The average molecular weight is 386 g/mol. The van der Waals surface area contributed by atoms with Crippen molar-refractivity contribution in [1.29, 1.82) is 0 Å². The second-order valence-electron chi connectivity index (χ2n) is 6.81. The van der Waals surface area contributed by atoms with Crippen LogP contribution in [0, 0.1) is 5.92 Å². The summed E-state index contributed by atoms with van der Waals surface area (Å²) in [7, 11) is 0. The van der Waals surface area contributed by atoms with E-state index in [-0.39, 0.29) is 12.5 Å². The number of aromatic nitrogens is 1. The highest BCUT2D eigenvalue weighted by atomic mass is 32.1. The Hall–Kier alpha value is -2.67. The molecule has 1 atom stereocenters. The van der Waals surface area contributed by atoms with Gasteiger partial charge in [0.25, 0.3) is 0 Å². The number of benzene rings is 1. The minimum Gasteiger partial charge on any atom is -0.445 e. The van der Waals surface area contributed by atoms with Crippen LogP contribution in [-0.2, 0) is 17.8 Å². The van der Waals surface area contributed by atoms with E-state index in [9.17, 15) is 9.59 Å². The van der Waals surface area contributed by atoms with Crippen molar-refractivity contribution in [3.63, 3.8) is 0 Å². The van der Waals surface area contributed by atoms with E-state index in [4.69, 9.17) is 9.15 Å². The molecule has 1 aromatic carbocycles. The van der Waals surface area contributed by atoms with Gasteiger partial charge in [0.2, 0.25) is 5.89 Å². The zero-order valence-electron chi connectivity index (χ0n) is 15.5. The Morgan fingerprint density at radius 1 is 1.26 bits per heavy atom. The standard InChI is InChI=1S/C20H22N2O4S/c1-12(2)9-15-11-27-18-16(15)19(23)26-17(22-18)13(3)21-20(24)25-10-14-7-5-4-6-8-14/h4-8,11-13H,9-10H2,1-3H3,(H,21,24)/t13-/m0/s1. The SMILES string of the molecule is CC(C)Cc1csc2nc([C@H](C)NC(=O)OCc3ccccc3)oc(=O)c12. The number of alkyl carbamates (subject to hydrolysis) is 1. The maximum atomic E-state index is 12.4. The van der Waals surface area contributed by atoms with E-state index in [0.29, 0.717) is 16.1 Å². The van der Waals surface area contributed by atoms with Crippen molar-refractivity contribution >= 4 is 27.6 Å². The van der Waals surface area contributed by atoms with Crippen LogP contribution in [0.15, 0.2) is 44.9 Å². The molecule has 3 rings (SSSR count). The number of carbonyl (C=O) groups excluding carboxylic acids is 1. The molecule has 0 unspecified atom stereocenters. The fourth-order valence-corrected chi connectivity index (χ4v) is 3.67. The topological polar surface area (TPSA) is 81.4 Å². The number of carbonyl (C=O) groups is 1. The Balaban J connectivity index is 1.69. The highest BCUT2D eigenvalue weighted by Crippen LogP contribution is 2.25. The van der Waals surface area contributed by atoms with E-state index in [1.54, 1.807) is 6.92 Å². The molecule has 0 saturated heterocycles. The molecule has 3 aromatic rings. The Labute approximate surface area is 161 Å². The first kappa shape index (κ1) is 19.1. The summed E-state index contributed by atoms with van der Waals surface area (Å²) in [5.41, 5.74) is 1.43. The van der Waals surface area contributed by atoms with Crippen molar-refractivity contribution in [3.05, 3.63) is 63.1 Å². The lowest BCUT2D eigenvalue weighted by atomic mass is 10.0. The number of nitrogens with one attached hydrogen (secondary N) is 1. The molecule has 0 aliphatic carbocycles. The van der Waals surface area contributed by atoms with Gasteiger partial charge < -0.3 is 14.5 Å². The summed E-state index contributed by atoms with van der Waals surface area (Å²) in [5, 5.41) is 5.13. The van der Waals surface area contributed by atoms with Crippen LogP contribution in [0.2, 0.25) is 0 Å². The molecule has 1 N–H and O–H groups in total. The van der Waals surface area contributed by atoms with Crippen LogP contribution in [0.5, 0.6) is 0 Å². The molecule has 0 aliphatic heterocycles. The van der Waals surface area contributed by atoms with Gasteiger partial charge >= 0.3 is 11.7 Å². The molecule has 0 saturated carbocycles. The molecule has 2 heterocycles. The quantitative estimate of drug-likeness (QED) is 0.677. The maximum Gasteiger partial charge on any atom is 0.408 e. The molecule has 0 fully saturated rings. The lowest BCUT2D eigenvalue weighted by Gasteiger charge is -2.12. The van der Waals surface area contributed by atoms with Gasteiger partial charge in [0.15, 0.2) is 0 Å². The average Bonchev–Trinajstić information content (AvgIpc) is 3.03. The molecule has 6 nitrogen and oxygen atoms in total.